The molecule has 0 amide bonds. The molecule has 1 aromatic rings. The predicted octanol–water partition coefficient (Wildman–Crippen LogP) is 2.89. The summed E-state index contributed by atoms with van der Waals surface area (Å²) in [4.78, 5) is 10.8. The van der Waals surface area contributed by atoms with Gasteiger partial charge in [-0.3, -0.25) is 0 Å². The predicted molar refractivity (Wildman–Crippen MR) is 54.3 cm³/mol. The molecule has 0 aliphatic rings. The minimum atomic E-state index is -4.49. The highest BCUT2D eigenvalue weighted by atomic mass is 19.4. The summed E-state index contributed by atoms with van der Waals surface area (Å²) in [5.41, 5.74) is 0.443. The van der Waals surface area contributed by atoms with Gasteiger partial charge in [0.2, 0.25) is 0 Å². The lowest BCUT2D eigenvalue weighted by molar-refractivity contribution is -0.153. The number of rotatable bonds is 4. The number of aryl methyl sites for hydroxylation is 1. The first-order chi connectivity index (χ1) is 7.83. The Morgan fingerprint density at radius 3 is 2.53 bits per heavy atom. The number of benzene rings is 1. The zero-order valence-electron chi connectivity index (χ0n) is 9.04. The van der Waals surface area contributed by atoms with E-state index in [2.05, 4.69) is 4.74 Å². The Hall–Kier alpha value is -1.72. The van der Waals surface area contributed by atoms with Crippen molar-refractivity contribution < 1.29 is 27.8 Å². The van der Waals surface area contributed by atoms with Crippen molar-refractivity contribution in [2.45, 2.75) is 19.5 Å². The van der Waals surface area contributed by atoms with Crippen molar-refractivity contribution in [1.82, 2.24) is 0 Å². The van der Waals surface area contributed by atoms with Crippen molar-refractivity contribution in [1.29, 1.82) is 0 Å². The summed E-state index contributed by atoms with van der Waals surface area (Å²) in [6.45, 7) is 0.309. The fraction of sp³-hybridized carbons (Fsp3) is 0.364. The number of hydrogen-bond donors (Lipinski definition) is 1. The molecule has 0 heterocycles. The third-order valence-electron chi connectivity index (χ3n) is 2.08. The Balaban J connectivity index is 2.97. The maximum atomic E-state index is 12.0. The van der Waals surface area contributed by atoms with Gasteiger partial charge in [0.1, 0.15) is 11.3 Å². The Labute approximate surface area is 95.8 Å². The van der Waals surface area contributed by atoms with E-state index in [-0.39, 0.29) is 11.3 Å². The lowest BCUT2D eigenvalue weighted by Crippen LogP contribution is -2.20. The smallest absolute Gasteiger partial charge is 0.422 e. The zero-order valence-corrected chi connectivity index (χ0v) is 9.04. The molecule has 1 rings (SSSR count). The summed E-state index contributed by atoms with van der Waals surface area (Å²) >= 11 is 0. The Morgan fingerprint density at radius 1 is 1.41 bits per heavy atom. The monoisotopic (exact) mass is 248 g/mol. The van der Waals surface area contributed by atoms with Crippen LogP contribution in [0, 0.1) is 0 Å². The number of carboxylic acid groups (broad SMARTS) is 1. The second kappa shape index (κ2) is 5.07. The van der Waals surface area contributed by atoms with Crippen molar-refractivity contribution in [2.24, 2.45) is 0 Å². The molecule has 1 N–H and O–H groups in total. The molecule has 94 valence electrons. The van der Waals surface area contributed by atoms with E-state index in [0.29, 0.717) is 12.0 Å². The molecule has 0 fully saturated rings. The van der Waals surface area contributed by atoms with Crippen LogP contribution in [-0.2, 0) is 6.42 Å². The van der Waals surface area contributed by atoms with E-state index in [1.165, 1.54) is 12.1 Å². The summed E-state index contributed by atoms with van der Waals surface area (Å²) < 4.78 is 40.5. The highest BCUT2D eigenvalue weighted by Crippen LogP contribution is 2.24. The van der Waals surface area contributed by atoms with Gasteiger partial charge in [-0.25, -0.2) is 4.79 Å². The first-order valence-electron chi connectivity index (χ1n) is 4.89. The van der Waals surface area contributed by atoms with Gasteiger partial charge >= 0.3 is 12.1 Å². The highest BCUT2D eigenvalue weighted by Gasteiger charge is 2.29. The van der Waals surface area contributed by atoms with E-state index < -0.39 is 18.8 Å². The molecule has 17 heavy (non-hydrogen) atoms. The Morgan fingerprint density at radius 2 is 2.06 bits per heavy atom. The van der Waals surface area contributed by atoms with E-state index in [0.717, 1.165) is 0 Å². The lowest BCUT2D eigenvalue weighted by atomic mass is 10.1. The topological polar surface area (TPSA) is 46.5 Å². The molecule has 6 heteroatoms. The van der Waals surface area contributed by atoms with Gasteiger partial charge in [0.05, 0.1) is 0 Å². The molecular weight excluding hydrogens is 237 g/mol. The molecule has 0 spiro atoms. The normalized spacial score (nSPS) is 11.3. The molecule has 3 nitrogen and oxygen atoms in total. The van der Waals surface area contributed by atoms with Crippen molar-refractivity contribution in [3.05, 3.63) is 29.3 Å². The summed E-state index contributed by atoms with van der Waals surface area (Å²) in [5, 5.41) is 8.80. The van der Waals surface area contributed by atoms with Gasteiger partial charge in [-0.1, -0.05) is 13.0 Å². The second-order valence-corrected chi connectivity index (χ2v) is 3.39. The first kappa shape index (κ1) is 13.3. The summed E-state index contributed by atoms with van der Waals surface area (Å²) in [6, 6.07) is 4.10. The van der Waals surface area contributed by atoms with Crippen LogP contribution in [0.5, 0.6) is 5.75 Å². The maximum Gasteiger partial charge on any atom is 0.422 e. The number of aromatic carboxylic acids is 1. The van der Waals surface area contributed by atoms with Crippen LogP contribution in [0.2, 0.25) is 0 Å². The Bertz CT molecular complexity index is 413. The van der Waals surface area contributed by atoms with E-state index in [1.807, 2.05) is 6.92 Å². The number of carboxylic acids is 1. The number of ether oxygens (including phenoxy) is 1. The number of hydrogen-bond acceptors (Lipinski definition) is 2. The van der Waals surface area contributed by atoms with Crippen LogP contribution < -0.4 is 4.74 Å². The van der Waals surface area contributed by atoms with E-state index in [4.69, 9.17) is 5.11 Å². The number of carbonyl (C=O) groups is 1. The van der Waals surface area contributed by atoms with E-state index >= 15 is 0 Å². The van der Waals surface area contributed by atoms with Gasteiger partial charge in [-0.15, -0.1) is 0 Å². The Kier molecular flexibility index (Phi) is 3.98. The molecule has 0 atom stereocenters. The van der Waals surface area contributed by atoms with Crippen LogP contribution in [0.1, 0.15) is 22.8 Å². The summed E-state index contributed by atoms with van der Waals surface area (Å²) in [7, 11) is 0. The number of alkyl halides is 3. The van der Waals surface area contributed by atoms with Crippen LogP contribution in [0.4, 0.5) is 13.2 Å². The molecule has 0 saturated heterocycles. The second-order valence-electron chi connectivity index (χ2n) is 3.39. The van der Waals surface area contributed by atoms with Crippen molar-refractivity contribution in [3.63, 3.8) is 0 Å². The summed E-state index contributed by atoms with van der Waals surface area (Å²) in [5.74, 6) is -1.57. The summed E-state index contributed by atoms with van der Waals surface area (Å²) in [6.07, 6.45) is -3.90. The number of halogens is 3. The van der Waals surface area contributed by atoms with Gasteiger partial charge in [0.25, 0.3) is 0 Å². The van der Waals surface area contributed by atoms with Crippen LogP contribution in [0.3, 0.4) is 0 Å². The molecule has 0 saturated carbocycles. The van der Waals surface area contributed by atoms with Gasteiger partial charge in [-0.2, -0.15) is 13.2 Å². The van der Waals surface area contributed by atoms with Gasteiger partial charge < -0.3 is 9.84 Å². The molecule has 0 unspecified atom stereocenters. The van der Waals surface area contributed by atoms with Gasteiger partial charge in [-0.05, 0) is 24.1 Å². The third-order valence-corrected chi connectivity index (χ3v) is 2.08. The van der Waals surface area contributed by atoms with Gasteiger partial charge in [0.15, 0.2) is 6.61 Å². The lowest BCUT2D eigenvalue weighted by Gasteiger charge is -2.12. The average Bonchev–Trinajstić information content (AvgIpc) is 2.24. The zero-order chi connectivity index (χ0) is 13.1. The third kappa shape index (κ3) is 3.97. The molecular formula is C11H11F3O3. The van der Waals surface area contributed by atoms with Crippen molar-refractivity contribution in [3.8, 4) is 5.75 Å². The van der Waals surface area contributed by atoms with Crippen LogP contribution in [0.25, 0.3) is 0 Å². The largest absolute Gasteiger partial charge is 0.483 e. The SMILES string of the molecule is CCc1ccc(C(=O)O)c(OCC(F)(F)F)c1. The van der Waals surface area contributed by atoms with Crippen LogP contribution >= 0.6 is 0 Å². The first-order valence-corrected chi connectivity index (χ1v) is 4.89. The standard InChI is InChI=1S/C11H11F3O3/c1-2-7-3-4-8(10(15)16)9(5-7)17-6-11(12,13)14/h3-5H,2,6H2,1H3,(H,15,16). The van der Waals surface area contributed by atoms with Crippen molar-refractivity contribution in [2.75, 3.05) is 6.61 Å². The molecule has 1 aromatic carbocycles. The molecule has 0 bridgehead atoms. The molecule has 0 aromatic heterocycles. The fourth-order valence-electron chi connectivity index (χ4n) is 1.24. The molecule has 0 aliphatic carbocycles. The van der Waals surface area contributed by atoms with Crippen molar-refractivity contribution >= 4 is 5.97 Å². The van der Waals surface area contributed by atoms with E-state index in [1.54, 1.807) is 6.07 Å². The van der Waals surface area contributed by atoms with Crippen LogP contribution in [0.15, 0.2) is 18.2 Å². The maximum absolute atomic E-state index is 12.0. The minimum Gasteiger partial charge on any atom is -0.483 e. The molecule has 0 radical (unpaired) electrons. The van der Waals surface area contributed by atoms with E-state index in [9.17, 15) is 18.0 Å². The quantitative estimate of drug-likeness (QED) is 0.891. The fourth-order valence-corrected chi connectivity index (χ4v) is 1.24. The molecule has 0 aliphatic heterocycles. The average molecular weight is 248 g/mol. The van der Waals surface area contributed by atoms with Crippen LogP contribution in [-0.4, -0.2) is 23.9 Å². The highest BCUT2D eigenvalue weighted by molar-refractivity contribution is 5.91. The minimum absolute atomic E-state index is 0.255. The van der Waals surface area contributed by atoms with Gasteiger partial charge in [0, 0.05) is 0 Å².